The first-order valence-corrected chi connectivity index (χ1v) is 10.0. The van der Waals surface area contributed by atoms with Crippen molar-refractivity contribution in [2.75, 3.05) is 12.3 Å². The fraction of sp³-hybridized carbons (Fsp3) is 0.227. The second-order valence-corrected chi connectivity index (χ2v) is 7.30. The third-order valence-electron chi connectivity index (χ3n) is 5.01. The summed E-state index contributed by atoms with van der Waals surface area (Å²) in [6, 6.07) is 7.24. The monoisotopic (exact) mass is 443 g/mol. The van der Waals surface area contributed by atoms with Crippen molar-refractivity contribution >= 4 is 22.8 Å². The number of aromatic nitrogens is 3. The van der Waals surface area contributed by atoms with Crippen LogP contribution < -0.4 is 11.1 Å². The minimum absolute atomic E-state index is 0.00285. The molecule has 0 saturated carbocycles. The second-order valence-electron chi connectivity index (χ2n) is 7.30. The molecule has 0 atom stereocenters. The Morgan fingerprint density at radius 1 is 0.969 bits per heavy atom. The zero-order valence-corrected chi connectivity index (χ0v) is 16.9. The third-order valence-corrected chi connectivity index (χ3v) is 5.01. The highest BCUT2D eigenvalue weighted by molar-refractivity contribution is 6.02. The number of nitrogens with one attached hydrogen (secondary N) is 2. The molecule has 5 rings (SSSR count). The normalized spacial score (nSPS) is 13.9. The van der Waals surface area contributed by atoms with Gasteiger partial charge in [0.25, 0.3) is 5.89 Å². The van der Waals surface area contributed by atoms with Gasteiger partial charge in [0.2, 0.25) is 5.91 Å². The van der Waals surface area contributed by atoms with Crippen molar-refractivity contribution in [1.82, 2.24) is 20.5 Å². The number of nitrogens with two attached hydrogens (primary N) is 1. The van der Waals surface area contributed by atoms with Crippen LogP contribution in [0.5, 0.6) is 0 Å². The Labute approximate surface area is 180 Å². The Balaban J connectivity index is 0.000000260. The maximum atomic E-state index is 14.1. The summed E-state index contributed by atoms with van der Waals surface area (Å²) in [4.78, 5) is 13.4. The van der Waals surface area contributed by atoms with Crippen molar-refractivity contribution in [1.29, 1.82) is 0 Å². The minimum Gasteiger partial charge on any atom is -0.403 e. The number of aromatic amines is 1. The van der Waals surface area contributed by atoms with Gasteiger partial charge >= 0.3 is 6.01 Å². The van der Waals surface area contributed by atoms with Crippen molar-refractivity contribution < 1.29 is 22.4 Å². The lowest BCUT2D eigenvalue weighted by Gasteiger charge is -2.01. The maximum Gasteiger partial charge on any atom is 0.313 e. The molecule has 0 spiro atoms. The van der Waals surface area contributed by atoms with E-state index in [0.29, 0.717) is 16.8 Å². The van der Waals surface area contributed by atoms with E-state index in [1.807, 2.05) is 0 Å². The van der Waals surface area contributed by atoms with Gasteiger partial charge < -0.3 is 20.5 Å². The van der Waals surface area contributed by atoms with Gasteiger partial charge in [0.1, 0.15) is 17.5 Å². The quantitative estimate of drug-likeness (QED) is 0.421. The highest BCUT2D eigenvalue weighted by Gasteiger charge is 2.22. The highest BCUT2D eigenvalue weighted by Crippen LogP contribution is 2.39. The molecule has 1 aliphatic heterocycles. The SMILES string of the molecule is Nc1nnc(-c2c(-c3ccc(F)cc3)[nH]c3c(F)cc(F)cc23)o1.O=C1CCCCCN1. The molecule has 0 unspecified atom stereocenters. The van der Waals surface area contributed by atoms with Crippen LogP contribution in [0, 0.1) is 17.5 Å². The topological polar surface area (TPSA) is 110 Å². The first kappa shape index (κ1) is 21.4. The fourth-order valence-electron chi connectivity index (χ4n) is 3.51. The number of anilines is 1. The van der Waals surface area contributed by atoms with Crippen LogP contribution >= 0.6 is 0 Å². The maximum absolute atomic E-state index is 14.1. The molecule has 1 amide bonds. The predicted octanol–water partition coefficient (Wildman–Crippen LogP) is 4.56. The molecular weight excluding hydrogens is 423 g/mol. The van der Waals surface area contributed by atoms with E-state index in [1.165, 1.54) is 30.7 Å². The van der Waals surface area contributed by atoms with Crippen molar-refractivity contribution in [2.24, 2.45) is 0 Å². The molecule has 4 N–H and O–H groups in total. The highest BCUT2D eigenvalue weighted by atomic mass is 19.1. The molecule has 7 nitrogen and oxygen atoms in total. The average molecular weight is 443 g/mol. The number of hydrogen-bond donors (Lipinski definition) is 3. The zero-order chi connectivity index (χ0) is 22.7. The molecule has 0 radical (unpaired) electrons. The number of nitrogen functional groups attached to an aromatic ring is 1. The Bertz CT molecular complexity index is 1240. The molecule has 3 heterocycles. The van der Waals surface area contributed by atoms with E-state index in [2.05, 4.69) is 20.5 Å². The average Bonchev–Trinajstić information content (AvgIpc) is 3.26. The molecule has 2 aromatic carbocycles. The lowest BCUT2D eigenvalue weighted by Crippen LogP contribution is -2.21. The van der Waals surface area contributed by atoms with E-state index < -0.39 is 17.5 Å². The van der Waals surface area contributed by atoms with Gasteiger partial charge in [-0.05, 0) is 48.7 Å². The number of halogens is 3. The Kier molecular flexibility index (Phi) is 6.11. The number of benzene rings is 2. The molecule has 1 saturated heterocycles. The molecule has 32 heavy (non-hydrogen) atoms. The van der Waals surface area contributed by atoms with Crippen LogP contribution in [0.1, 0.15) is 25.7 Å². The summed E-state index contributed by atoms with van der Waals surface area (Å²) in [5.41, 5.74) is 6.74. The van der Waals surface area contributed by atoms with Gasteiger partial charge in [0.15, 0.2) is 0 Å². The molecule has 2 aromatic heterocycles. The Morgan fingerprint density at radius 2 is 1.75 bits per heavy atom. The fourth-order valence-corrected chi connectivity index (χ4v) is 3.51. The molecular formula is C22H20F3N5O2. The summed E-state index contributed by atoms with van der Waals surface area (Å²) in [5, 5.41) is 10.4. The summed E-state index contributed by atoms with van der Waals surface area (Å²) in [6.45, 7) is 0.888. The van der Waals surface area contributed by atoms with Gasteiger partial charge in [-0.15, -0.1) is 5.10 Å². The summed E-state index contributed by atoms with van der Waals surface area (Å²) in [5.74, 6) is -1.72. The van der Waals surface area contributed by atoms with Crippen LogP contribution in [-0.2, 0) is 4.79 Å². The second kappa shape index (κ2) is 9.13. The van der Waals surface area contributed by atoms with E-state index in [1.54, 1.807) is 0 Å². The van der Waals surface area contributed by atoms with Crippen LogP contribution in [0.2, 0.25) is 0 Å². The number of amides is 1. The van der Waals surface area contributed by atoms with E-state index >= 15 is 0 Å². The number of nitrogens with zero attached hydrogens (tertiary/aromatic N) is 2. The van der Waals surface area contributed by atoms with Crippen molar-refractivity contribution in [3.8, 4) is 22.7 Å². The summed E-state index contributed by atoms with van der Waals surface area (Å²) < 4.78 is 46.2. The van der Waals surface area contributed by atoms with E-state index in [9.17, 15) is 18.0 Å². The molecule has 1 aliphatic rings. The molecule has 1 fully saturated rings. The van der Waals surface area contributed by atoms with Gasteiger partial charge in [0, 0.05) is 24.4 Å². The number of hydrogen-bond acceptors (Lipinski definition) is 5. The van der Waals surface area contributed by atoms with Crippen molar-refractivity contribution in [3.63, 3.8) is 0 Å². The molecule has 10 heteroatoms. The molecule has 0 bridgehead atoms. The summed E-state index contributed by atoms with van der Waals surface area (Å²) in [6.07, 6.45) is 4.18. The number of carbonyl (C=O) groups excluding carboxylic acids is 1. The predicted molar refractivity (Wildman–Crippen MR) is 113 cm³/mol. The number of carbonyl (C=O) groups is 1. The molecule has 166 valence electrons. The van der Waals surface area contributed by atoms with Crippen LogP contribution in [0.25, 0.3) is 33.6 Å². The number of fused-ring (bicyclic) bond motifs is 1. The largest absolute Gasteiger partial charge is 0.403 e. The van der Waals surface area contributed by atoms with Crippen molar-refractivity contribution in [3.05, 3.63) is 53.8 Å². The van der Waals surface area contributed by atoms with Gasteiger partial charge in [-0.1, -0.05) is 11.5 Å². The standard InChI is InChI=1S/C16H9F3N4O.C6H11NO/c17-8-3-1-7(2-4-8)13-12(15-22-23-16(20)24-15)10-5-9(18)6-11(19)14(10)21-13;8-6-4-2-1-3-5-7-6/h1-6,21H,(H2,20,23);1-5H2,(H,7,8). The van der Waals surface area contributed by atoms with Gasteiger partial charge in [-0.3, -0.25) is 4.79 Å². The van der Waals surface area contributed by atoms with Crippen molar-refractivity contribution in [2.45, 2.75) is 25.7 Å². The van der Waals surface area contributed by atoms with Gasteiger partial charge in [-0.2, -0.15) is 0 Å². The van der Waals surface area contributed by atoms with E-state index in [0.717, 1.165) is 37.9 Å². The van der Waals surface area contributed by atoms with Gasteiger partial charge in [-0.25, -0.2) is 13.2 Å². The molecule has 0 aliphatic carbocycles. The minimum atomic E-state index is -0.771. The van der Waals surface area contributed by atoms with Crippen LogP contribution in [0.15, 0.2) is 40.8 Å². The van der Waals surface area contributed by atoms with Crippen LogP contribution in [0.4, 0.5) is 19.2 Å². The van der Waals surface area contributed by atoms with E-state index in [-0.39, 0.29) is 28.7 Å². The summed E-state index contributed by atoms with van der Waals surface area (Å²) >= 11 is 0. The van der Waals surface area contributed by atoms with E-state index in [4.69, 9.17) is 10.2 Å². The molecule has 4 aromatic rings. The summed E-state index contributed by atoms with van der Waals surface area (Å²) in [7, 11) is 0. The lowest BCUT2D eigenvalue weighted by atomic mass is 10.0. The van der Waals surface area contributed by atoms with Crippen LogP contribution in [-0.4, -0.2) is 27.6 Å². The van der Waals surface area contributed by atoms with Gasteiger partial charge in [0.05, 0.1) is 16.8 Å². The lowest BCUT2D eigenvalue weighted by molar-refractivity contribution is -0.120. The third kappa shape index (κ3) is 4.58. The Morgan fingerprint density at radius 3 is 2.47 bits per heavy atom. The zero-order valence-electron chi connectivity index (χ0n) is 16.9. The number of rotatable bonds is 2. The smallest absolute Gasteiger partial charge is 0.313 e. The number of H-pyrrole nitrogens is 1. The van der Waals surface area contributed by atoms with Crippen LogP contribution in [0.3, 0.4) is 0 Å². The Hall–Kier alpha value is -3.82. The first-order chi connectivity index (χ1) is 15.4. The first-order valence-electron chi connectivity index (χ1n) is 10.0.